The maximum atomic E-state index is 12.5. The SMILES string of the molecule is CCOc1ccc(Oc2cc(NC(=O)CSc3nc4ccc(OC)cc4[nH]3)cc([N+](=O)[O-])c2)cc1. The third-order valence-corrected chi connectivity index (χ3v) is 5.64. The van der Waals surface area contributed by atoms with Crippen molar-refractivity contribution in [3.63, 3.8) is 0 Å². The molecule has 1 heterocycles. The average molecular weight is 495 g/mol. The van der Waals surface area contributed by atoms with Crippen LogP contribution in [0.5, 0.6) is 23.0 Å². The van der Waals surface area contributed by atoms with Crippen LogP contribution in [0.4, 0.5) is 11.4 Å². The lowest BCUT2D eigenvalue weighted by atomic mass is 10.2. The van der Waals surface area contributed by atoms with Crippen LogP contribution in [-0.4, -0.2) is 40.3 Å². The molecule has 0 radical (unpaired) electrons. The molecule has 0 fully saturated rings. The van der Waals surface area contributed by atoms with Gasteiger partial charge < -0.3 is 24.5 Å². The van der Waals surface area contributed by atoms with Gasteiger partial charge in [0.15, 0.2) is 5.16 Å². The highest BCUT2D eigenvalue weighted by Crippen LogP contribution is 2.31. The molecule has 0 unspecified atom stereocenters. The maximum Gasteiger partial charge on any atom is 0.275 e. The Morgan fingerprint density at radius 1 is 1.06 bits per heavy atom. The number of fused-ring (bicyclic) bond motifs is 1. The van der Waals surface area contributed by atoms with Crippen molar-refractivity contribution in [1.29, 1.82) is 0 Å². The molecule has 3 aromatic carbocycles. The topological polar surface area (TPSA) is 129 Å². The van der Waals surface area contributed by atoms with Gasteiger partial charge in [0, 0.05) is 18.2 Å². The number of thioether (sulfide) groups is 1. The van der Waals surface area contributed by atoms with Gasteiger partial charge in [0.1, 0.15) is 23.0 Å². The number of nitrogens with one attached hydrogen (secondary N) is 2. The molecule has 0 bridgehead atoms. The summed E-state index contributed by atoms with van der Waals surface area (Å²) in [6, 6.07) is 16.4. The molecule has 0 atom stereocenters. The number of nitro benzene ring substituents is 1. The van der Waals surface area contributed by atoms with E-state index >= 15 is 0 Å². The fourth-order valence-corrected chi connectivity index (χ4v) is 3.90. The quantitative estimate of drug-likeness (QED) is 0.170. The molecule has 0 saturated carbocycles. The number of aromatic nitrogens is 2. The van der Waals surface area contributed by atoms with Gasteiger partial charge in [0.05, 0.1) is 47.2 Å². The van der Waals surface area contributed by atoms with E-state index in [0.29, 0.717) is 29.0 Å². The molecule has 4 aromatic rings. The van der Waals surface area contributed by atoms with Gasteiger partial charge in [0.2, 0.25) is 5.91 Å². The third-order valence-electron chi connectivity index (χ3n) is 4.76. The molecule has 0 aliphatic rings. The zero-order valence-electron chi connectivity index (χ0n) is 18.9. The summed E-state index contributed by atoms with van der Waals surface area (Å²) >= 11 is 1.21. The second kappa shape index (κ2) is 10.8. The summed E-state index contributed by atoms with van der Waals surface area (Å²) in [5.41, 5.74) is 1.59. The van der Waals surface area contributed by atoms with Gasteiger partial charge in [-0.3, -0.25) is 14.9 Å². The number of benzene rings is 3. The van der Waals surface area contributed by atoms with Gasteiger partial charge in [-0.25, -0.2) is 4.98 Å². The van der Waals surface area contributed by atoms with Crippen molar-refractivity contribution >= 4 is 40.1 Å². The summed E-state index contributed by atoms with van der Waals surface area (Å²) in [7, 11) is 1.58. The van der Waals surface area contributed by atoms with Crippen LogP contribution in [0, 0.1) is 10.1 Å². The van der Waals surface area contributed by atoms with Gasteiger partial charge in [-0.15, -0.1) is 0 Å². The number of carbonyl (C=O) groups is 1. The van der Waals surface area contributed by atoms with Gasteiger partial charge in [-0.05, 0) is 43.3 Å². The molecule has 1 aromatic heterocycles. The maximum absolute atomic E-state index is 12.5. The Hall–Kier alpha value is -4.25. The second-order valence-corrected chi connectivity index (χ2v) is 8.21. The Morgan fingerprint density at radius 2 is 1.80 bits per heavy atom. The number of non-ortho nitro benzene ring substituents is 1. The van der Waals surface area contributed by atoms with E-state index in [4.69, 9.17) is 14.2 Å². The van der Waals surface area contributed by atoms with E-state index < -0.39 is 4.92 Å². The first-order valence-corrected chi connectivity index (χ1v) is 11.6. The number of anilines is 1. The number of methoxy groups -OCH3 is 1. The molecule has 4 rings (SSSR count). The Morgan fingerprint density at radius 3 is 2.51 bits per heavy atom. The third kappa shape index (κ3) is 6.21. The zero-order valence-corrected chi connectivity index (χ0v) is 19.8. The minimum Gasteiger partial charge on any atom is -0.497 e. The number of nitro groups is 1. The Balaban J connectivity index is 1.43. The fourth-order valence-electron chi connectivity index (χ4n) is 3.22. The summed E-state index contributed by atoms with van der Waals surface area (Å²) in [6.07, 6.45) is 0. The smallest absolute Gasteiger partial charge is 0.275 e. The summed E-state index contributed by atoms with van der Waals surface area (Å²) in [5.74, 6) is 1.79. The minimum atomic E-state index is -0.544. The van der Waals surface area contributed by atoms with Gasteiger partial charge in [-0.2, -0.15) is 0 Å². The number of imidazole rings is 1. The molecule has 0 aliphatic heterocycles. The van der Waals surface area contributed by atoms with Crippen LogP contribution in [0.2, 0.25) is 0 Å². The fraction of sp³-hybridized carbons (Fsp3) is 0.167. The molecule has 2 N–H and O–H groups in total. The Bertz CT molecular complexity index is 1360. The van der Waals surface area contributed by atoms with Crippen molar-refractivity contribution < 1.29 is 23.9 Å². The molecule has 1 amide bonds. The van der Waals surface area contributed by atoms with Crippen molar-refractivity contribution in [3.05, 3.63) is 70.8 Å². The number of ether oxygens (including phenoxy) is 3. The van der Waals surface area contributed by atoms with E-state index in [1.54, 1.807) is 37.4 Å². The van der Waals surface area contributed by atoms with Crippen LogP contribution in [0.3, 0.4) is 0 Å². The number of rotatable bonds is 10. The van der Waals surface area contributed by atoms with Crippen molar-refractivity contribution in [2.75, 3.05) is 24.8 Å². The number of hydrogen-bond acceptors (Lipinski definition) is 8. The molecule has 180 valence electrons. The lowest BCUT2D eigenvalue weighted by Crippen LogP contribution is -2.14. The number of H-pyrrole nitrogens is 1. The van der Waals surface area contributed by atoms with E-state index in [2.05, 4.69) is 15.3 Å². The van der Waals surface area contributed by atoms with E-state index in [1.807, 2.05) is 19.1 Å². The largest absolute Gasteiger partial charge is 0.497 e. The summed E-state index contributed by atoms with van der Waals surface area (Å²) in [5, 5.41) is 14.7. The van der Waals surface area contributed by atoms with Crippen LogP contribution in [-0.2, 0) is 4.79 Å². The van der Waals surface area contributed by atoms with E-state index in [0.717, 1.165) is 11.0 Å². The summed E-state index contributed by atoms with van der Waals surface area (Å²) < 4.78 is 16.4. The summed E-state index contributed by atoms with van der Waals surface area (Å²) in [4.78, 5) is 31.0. The lowest BCUT2D eigenvalue weighted by Gasteiger charge is -2.10. The molecule has 35 heavy (non-hydrogen) atoms. The number of hydrogen-bond donors (Lipinski definition) is 2. The molecule has 0 aliphatic carbocycles. The molecule has 0 spiro atoms. The number of aromatic amines is 1. The second-order valence-electron chi connectivity index (χ2n) is 7.24. The normalized spacial score (nSPS) is 10.7. The number of carbonyl (C=O) groups excluding carboxylic acids is 1. The standard InChI is InChI=1S/C24H22N4O6S/c1-3-33-17-4-6-18(7-5-17)34-20-11-15(10-16(12-20)28(30)31)25-23(29)14-35-24-26-21-9-8-19(32-2)13-22(21)27-24/h4-13H,3,14H2,1-2H3,(H,25,29)(H,26,27). The van der Waals surface area contributed by atoms with Crippen LogP contribution >= 0.6 is 11.8 Å². The van der Waals surface area contributed by atoms with Gasteiger partial charge >= 0.3 is 0 Å². The zero-order chi connectivity index (χ0) is 24.8. The van der Waals surface area contributed by atoms with Crippen molar-refractivity contribution in [1.82, 2.24) is 9.97 Å². The molecule has 0 saturated heterocycles. The van der Waals surface area contributed by atoms with E-state index in [9.17, 15) is 14.9 Å². The first-order valence-electron chi connectivity index (χ1n) is 10.6. The minimum absolute atomic E-state index is 0.0503. The molecule has 11 heteroatoms. The predicted octanol–water partition coefficient (Wildman–Crippen LogP) is 5.40. The highest BCUT2D eigenvalue weighted by molar-refractivity contribution is 7.99. The average Bonchev–Trinajstić information content (AvgIpc) is 3.26. The monoisotopic (exact) mass is 494 g/mol. The Kier molecular flexibility index (Phi) is 7.36. The molecular weight excluding hydrogens is 472 g/mol. The highest BCUT2D eigenvalue weighted by Gasteiger charge is 2.14. The lowest BCUT2D eigenvalue weighted by molar-refractivity contribution is -0.384. The van der Waals surface area contributed by atoms with Crippen molar-refractivity contribution in [2.45, 2.75) is 12.1 Å². The van der Waals surface area contributed by atoms with Crippen molar-refractivity contribution in [3.8, 4) is 23.0 Å². The molecule has 10 nitrogen and oxygen atoms in total. The first kappa shape index (κ1) is 23.9. The van der Waals surface area contributed by atoms with E-state index in [-0.39, 0.29) is 28.8 Å². The highest BCUT2D eigenvalue weighted by atomic mass is 32.2. The van der Waals surface area contributed by atoms with Gasteiger partial charge in [-0.1, -0.05) is 11.8 Å². The summed E-state index contributed by atoms with van der Waals surface area (Å²) in [6.45, 7) is 2.42. The number of amides is 1. The van der Waals surface area contributed by atoms with E-state index in [1.165, 1.54) is 30.0 Å². The van der Waals surface area contributed by atoms with Crippen LogP contribution < -0.4 is 19.5 Å². The van der Waals surface area contributed by atoms with Crippen LogP contribution in [0.15, 0.2) is 65.8 Å². The number of nitrogens with zero attached hydrogens (tertiary/aromatic N) is 2. The first-order chi connectivity index (χ1) is 16.9. The van der Waals surface area contributed by atoms with Crippen molar-refractivity contribution in [2.24, 2.45) is 0 Å². The van der Waals surface area contributed by atoms with Crippen LogP contribution in [0.1, 0.15) is 6.92 Å². The Labute approximate surface area is 204 Å². The van der Waals surface area contributed by atoms with Gasteiger partial charge in [0.25, 0.3) is 5.69 Å². The van der Waals surface area contributed by atoms with Crippen LogP contribution in [0.25, 0.3) is 11.0 Å². The predicted molar refractivity (Wildman–Crippen MR) is 133 cm³/mol. The molecular formula is C24H22N4O6S.